The summed E-state index contributed by atoms with van der Waals surface area (Å²) in [6.07, 6.45) is -4.41. The van der Waals surface area contributed by atoms with Crippen LogP contribution in [-0.2, 0) is 12.7 Å². The molecule has 20 heavy (non-hydrogen) atoms. The zero-order valence-corrected chi connectivity index (χ0v) is 12.5. The van der Waals surface area contributed by atoms with E-state index in [0.717, 1.165) is 11.6 Å². The molecule has 2 aromatic carbocycles. The number of benzene rings is 2. The third-order valence-corrected chi connectivity index (χ3v) is 3.58. The molecule has 0 aliphatic rings. The van der Waals surface area contributed by atoms with E-state index in [1.165, 1.54) is 6.07 Å². The first-order valence-electron chi connectivity index (χ1n) is 5.72. The third-order valence-electron chi connectivity index (χ3n) is 2.71. The van der Waals surface area contributed by atoms with E-state index in [9.17, 15) is 13.2 Å². The smallest absolute Gasteiger partial charge is 0.380 e. The summed E-state index contributed by atoms with van der Waals surface area (Å²) < 4.78 is 39.2. The fourth-order valence-electron chi connectivity index (χ4n) is 1.74. The van der Waals surface area contributed by atoms with Crippen molar-refractivity contribution in [2.45, 2.75) is 12.7 Å². The lowest BCUT2D eigenvalue weighted by Crippen LogP contribution is -2.11. The van der Waals surface area contributed by atoms with E-state index in [1.807, 2.05) is 0 Å². The highest BCUT2D eigenvalue weighted by atomic mass is 79.9. The summed E-state index contributed by atoms with van der Waals surface area (Å²) in [5.74, 6) is 0. The van der Waals surface area contributed by atoms with Crippen LogP contribution in [0.25, 0.3) is 0 Å². The van der Waals surface area contributed by atoms with Gasteiger partial charge in [-0.05, 0) is 29.8 Å². The predicted octanol–water partition coefficient (Wildman–Crippen LogP) is 5.73. The lowest BCUT2D eigenvalue weighted by molar-refractivity contribution is -0.137. The van der Waals surface area contributed by atoms with Crippen LogP contribution in [0.1, 0.15) is 11.1 Å². The van der Waals surface area contributed by atoms with Gasteiger partial charge in [0.15, 0.2) is 0 Å². The highest BCUT2D eigenvalue weighted by Crippen LogP contribution is 2.36. The van der Waals surface area contributed by atoms with Crippen molar-refractivity contribution in [3.05, 3.63) is 63.1 Å². The van der Waals surface area contributed by atoms with Crippen LogP contribution in [0.3, 0.4) is 0 Å². The Labute approximate surface area is 127 Å². The summed E-state index contributed by atoms with van der Waals surface area (Å²) in [4.78, 5) is 0. The van der Waals surface area contributed by atoms with Gasteiger partial charge in [0.25, 0.3) is 0 Å². The molecule has 0 unspecified atom stereocenters. The molecule has 1 N–H and O–H groups in total. The minimum Gasteiger partial charge on any atom is -0.380 e. The minimum absolute atomic E-state index is 0.0284. The van der Waals surface area contributed by atoms with Gasteiger partial charge < -0.3 is 5.32 Å². The zero-order valence-electron chi connectivity index (χ0n) is 10.1. The Morgan fingerprint density at radius 1 is 1.10 bits per heavy atom. The molecule has 0 amide bonds. The number of hydrogen-bond acceptors (Lipinski definition) is 1. The van der Waals surface area contributed by atoms with E-state index >= 15 is 0 Å². The Morgan fingerprint density at radius 3 is 2.45 bits per heavy atom. The highest BCUT2D eigenvalue weighted by Gasteiger charge is 2.33. The molecule has 0 saturated carbocycles. The normalized spacial score (nSPS) is 11.4. The lowest BCUT2D eigenvalue weighted by Gasteiger charge is -2.15. The number of alkyl halides is 3. The van der Waals surface area contributed by atoms with Gasteiger partial charge in [-0.1, -0.05) is 45.7 Å². The molecule has 0 aromatic heterocycles. The number of hydrogen-bond donors (Lipinski definition) is 1. The molecule has 0 atom stereocenters. The van der Waals surface area contributed by atoms with Crippen LogP contribution in [0, 0.1) is 0 Å². The molecule has 0 bridgehead atoms. The Bertz CT molecular complexity index is 614. The monoisotopic (exact) mass is 363 g/mol. The molecule has 0 aliphatic heterocycles. The second kappa shape index (κ2) is 6.06. The molecule has 0 radical (unpaired) electrons. The van der Waals surface area contributed by atoms with Gasteiger partial charge in [0.05, 0.1) is 5.56 Å². The molecular formula is C14H10BrClF3N. The molecule has 0 saturated heterocycles. The highest BCUT2D eigenvalue weighted by molar-refractivity contribution is 9.10. The first-order valence-corrected chi connectivity index (χ1v) is 6.89. The molecule has 2 aromatic rings. The van der Waals surface area contributed by atoms with E-state index in [2.05, 4.69) is 21.2 Å². The van der Waals surface area contributed by atoms with Crippen LogP contribution in [0.2, 0.25) is 5.02 Å². The average molecular weight is 365 g/mol. The van der Waals surface area contributed by atoms with Crippen molar-refractivity contribution in [2.75, 3.05) is 5.32 Å². The Balaban J connectivity index is 2.24. The van der Waals surface area contributed by atoms with E-state index in [-0.39, 0.29) is 12.2 Å². The number of nitrogens with one attached hydrogen (secondary N) is 1. The first-order chi connectivity index (χ1) is 9.38. The standard InChI is InChI=1S/C14H10BrClF3N/c15-10-5-6-13(11(7-10)14(17,18)19)20-8-9-3-1-2-4-12(9)16/h1-7,20H,8H2. The van der Waals surface area contributed by atoms with Crippen molar-refractivity contribution in [2.24, 2.45) is 0 Å². The molecular weight excluding hydrogens is 355 g/mol. The maximum absolute atomic E-state index is 12.9. The van der Waals surface area contributed by atoms with Gasteiger partial charge >= 0.3 is 6.18 Å². The summed E-state index contributed by atoms with van der Waals surface area (Å²) in [7, 11) is 0. The van der Waals surface area contributed by atoms with Crippen molar-refractivity contribution in [3.63, 3.8) is 0 Å². The molecule has 0 heterocycles. The van der Waals surface area contributed by atoms with Crippen molar-refractivity contribution in [1.82, 2.24) is 0 Å². The second-order valence-corrected chi connectivity index (χ2v) is 5.46. The van der Waals surface area contributed by atoms with Gasteiger partial charge in [-0.3, -0.25) is 0 Å². The lowest BCUT2D eigenvalue weighted by atomic mass is 10.1. The molecule has 0 aliphatic carbocycles. The molecule has 2 rings (SSSR count). The quantitative estimate of drug-likeness (QED) is 0.733. The molecule has 6 heteroatoms. The number of rotatable bonds is 3. The molecule has 1 nitrogen and oxygen atoms in total. The van der Waals surface area contributed by atoms with Crippen molar-refractivity contribution >= 4 is 33.2 Å². The number of anilines is 1. The summed E-state index contributed by atoms with van der Waals surface area (Å²) in [5.41, 5.74) is 0.0600. The van der Waals surface area contributed by atoms with Gasteiger partial charge in [0, 0.05) is 21.7 Å². The minimum atomic E-state index is -4.41. The fourth-order valence-corrected chi connectivity index (χ4v) is 2.30. The average Bonchev–Trinajstić information content (AvgIpc) is 2.38. The Hall–Kier alpha value is -1.20. The van der Waals surface area contributed by atoms with Crippen molar-refractivity contribution < 1.29 is 13.2 Å². The summed E-state index contributed by atoms with van der Waals surface area (Å²) in [5, 5.41) is 3.30. The number of halogens is 5. The van der Waals surface area contributed by atoms with Crippen LogP contribution in [-0.4, -0.2) is 0 Å². The van der Waals surface area contributed by atoms with Crippen molar-refractivity contribution in [3.8, 4) is 0 Å². The Morgan fingerprint density at radius 2 is 1.80 bits per heavy atom. The predicted molar refractivity (Wildman–Crippen MR) is 77.9 cm³/mol. The third kappa shape index (κ3) is 3.67. The van der Waals surface area contributed by atoms with Crippen LogP contribution in [0.15, 0.2) is 46.9 Å². The first kappa shape index (κ1) is 15.2. The molecule has 0 fully saturated rings. The summed E-state index contributed by atoms with van der Waals surface area (Å²) in [6, 6.07) is 11.0. The van der Waals surface area contributed by atoms with Gasteiger partial charge in [-0.15, -0.1) is 0 Å². The molecule has 0 spiro atoms. The Kier molecular flexibility index (Phi) is 4.60. The maximum Gasteiger partial charge on any atom is 0.418 e. The summed E-state index contributed by atoms with van der Waals surface area (Å²) >= 11 is 9.02. The van der Waals surface area contributed by atoms with Crippen molar-refractivity contribution in [1.29, 1.82) is 0 Å². The van der Waals surface area contributed by atoms with Crippen LogP contribution < -0.4 is 5.32 Å². The summed E-state index contributed by atoms with van der Waals surface area (Å²) in [6.45, 7) is 0.227. The van der Waals surface area contributed by atoms with Gasteiger partial charge in [-0.25, -0.2) is 0 Å². The van der Waals surface area contributed by atoms with E-state index in [0.29, 0.717) is 9.50 Å². The van der Waals surface area contributed by atoms with Gasteiger partial charge in [-0.2, -0.15) is 13.2 Å². The SMILES string of the molecule is FC(F)(F)c1cc(Br)ccc1NCc1ccccc1Cl. The van der Waals surface area contributed by atoms with Gasteiger partial charge in [0.2, 0.25) is 0 Å². The maximum atomic E-state index is 12.9. The van der Waals surface area contributed by atoms with Crippen LogP contribution in [0.4, 0.5) is 18.9 Å². The zero-order chi connectivity index (χ0) is 14.8. The van der Waals surface area contributed by atoms with Crippen LogP contribution in [0.5, 0.6) is 0 Å². The largest absolute Gasteiger partial charge is 0.418 e. The second-order valence-electron chi connectivity index (χ2n) is 4.13. The van der Waals surface area contributed by atoms with E-state index < -0.39 is 11.7 Å². The fraction of sp³-hybridized carbons (Fsp3) is 0.143. The van der Waals surface area contributed by atoms with Crippen LogP contribution >= 0.6 is 27.5 Å². The topological polar surface area (TPSA) is 12.0 Å². The van der Waals surface area contributed by atoms with Gasteiger partial charge in [0.1, 0.15) is 0 Å². The van der Waals surface area contributed by atoms with E-state index in [4.69, 9.17) is 11.6 Å². The van der Waals surface area contributed by atoms with E-state index in [1.54, 1.807) is 30.3 Å². The molecule has 106 valence electrons.